The molecule has 0 fully saturated rings. The molecule has 1 aromatic heterocycles. The van der Waals surface area contributed by atoms with Gasteiger partial charge in [0.05, 0.1) is 4.90 Å². The van der Waals surface area contributed by atoms with Gasteiger partial charge < -0.3 is 4.98 Å². The summed E-state index contributed by atoms with van der Waals surface area (Å²) in [6, 6.07) is 12.8. The topological polar surface area (TPSA) is 79.0 Å². The summed E-state index contributed by atoms with van der Waals surface area (Å²) in [6.07, 6.45) is 2.43. The summed E-state index contributed by atoms with van der Waals surface area (Å²) in [7, 11) is -3.85. The van der Waals surface area contributed by atoms with Crippen molar-refractivity contribution in [2.45, 2.75) is 31.6 Å². The van der Waals surface area contributed by atoms with Gasteiger partial charge in [-0.1, -0.05) is 35.9 Å². The van der Waals surface area contributed by atoms with E-state index in [1.165, 1.54) is 6.07 Å². The second-order valence-corrected chi connectivity index (χ2v) is 7.81. The Balaban J connectivity index is 1.69. The van der Waals surface area contributed by atoms with E-state index in [0.29, 0.717) is 12.0 Å². The molecule has 0 aliphatic rings. The lowest BCUT2D eigenvalue weighted by Crippen LogP contribution is -2.31. The summed E-state index contributed by atoms with van der Waals surface area (Å²) in [5, 5.41) is 1.05. The van der Waals surface area contributed by atoms with Crippen LogP contribution in [0.5, 0.6) is 0 Å². The number of hydrogen-bond acceptors (Lipinski definition) is 3. The number of H-pyrrole nitrogens is 1. The van der Waals surface area contributed by atoms with Gasteiger partial charge in [-0.25, -0.2) is 13.1 Å². The minimum Gasteiger partial charge on any atom is -0.361 e. The van der Waals surface area contributed by atoms with Crippen molar-refractivity contribution in [3.8, 4) is 0 Å². The first-order valence-electron chi connectivity index (χ1n) is 8.05. The Labute approximate surface area is 147 Å². The van der Waals surface area contributed by atoms with E-state index in [9.17, 15) is 13.2 Å². The van der Waals surface area contributed by atoms with E-state index in [1.807, 2.05) is 37.4 Å². The monoisotopic (exact) mass is 356 g/mol. The fourth-order valence-corrected chi connectivity index (χ4v) is 4.19. The van der Waals surface area contributed by atoms with E-state index in [4.69, 9.17) is 0 Å². The van der Waals surface area contributed by atoms with E-state index in [0.717, 1.165) is 22.0 Å². The van der Waals surface area contributed by atoms with Gasteiger partial charge in [0.2, 0.25) is 5.91 Å². The maximum absolute atomic E-state index is 12.4. The van der Waals surface area contributed by atoms with Crippen molar-refractivity contribution in [1.82, 2.24) is 9.71 Å². The number of aromatic amines is 1. The summed E-state index contributed by atoms with van der Waals surface area (Å²) in [5.41, 5.74) is 3.59. The largest absolute Gasteiger partial charge is 0.361 e. The molecule has 0 atom stereocenters. The number of hydrogen-bond donors (Lipinski definition) is 2. The summed E-state index contributed by atoms with van der Waals surface area (Å²) in [5.74, 6) is -0.509. The summed E-state index contributed by atoms with van der Waals surface area (Å²) in [6.45, 7) is 3.61. The number of aryl methyl sites for hydroxylation is 3. The zero-order chi connectivity index (χ0) is 18.0. The quantitative estimate of drug-likeness (QED) is 0.737. The van der Waals surface area contributed by atoms with Crippen molar-refractivity contribution >= 4 is 26.8 Å². The smallest absolute Gasteiger partial charge is 0.264 e. The van der Waals surface area contributed by atoms with Crippen molar-refractivity contribution < 1.29 is 13.2 Å². The van der Waals surface area contributed by atoms with Gasteiger partial charge in [-0.2, -0.15) is 0 Å². The van der Waals surface area contributed by atoms with Gasteiger partial charge in [0, 0.05) is 23.5 Å². The molecule has 0 aliphatic heterocycles. The molecule has 0 saturated carbocycles. The predicted octanol–water partition coefficient (Wildman–Crippen LogP) is 3.22. The standard InChI is InChI=1S/C19H20N2O3S/c1-13-7-9-18(14(2)11-13)25(23,24)21-19(22)10-8-15-12-20-17-6-4-3-5-16(15)17/h3-7,9,11-12,20H,8,10H2,1-2H3,(H,21,22). The van der Waals surface area contributed by atoms with Gasteiger partial charge >= 0.3 is 0 Å². The Morgan fingerprint density at radius 2 is 1.88 bits per heavy atom. The van der Waals surface area contributed by atoms with E-state index < -0.39 is 15.9 Å². The molecular formula is C19H20N2O3S. The average Bonchev–Trinajstić information content (AvgIpc) is 2.95. The molecule has 0 saturated heterocycles. The number of carbonyl (C=O) groups is 1. The van der Waals surface area contributed by atoms with Crippen LogP contribution < -0.4 is 4.72 Å². The highest BCUT2D eigenvalue weighted by Crippen LogP contribution is 2.20. The highest BCUT2D eigenvalue weighted by atomic mass is 32.2. The van der Waals surface area contributed by atoms with E-state index >= 15 is 0 Å². The molecule has 1 amide bonds. The molecule has 2 aromatic carbocycles. The second-order valence-electron chi connectivity index (χ2n) is 6.16. The van der Waals surface area contributed by atoms with Crippen LogP contribution in [0, 0.1) is 13.8 Å². The highest BCUT2D eigenvalue weighted by Gasteiger charge is 2.19. The first-order chi connectivity index (χ1) is 11.9. The number of aromatic nitrogens is 1. The van der Waals surface area contributed by atoms with Crippen LogP contribution in [0.15, 0.2) is 53.6 Å². The van der Waals surface area contributed by atoms with E-state index in [1.54, 1.807) is 19.1 Å². The zero-order valence-electron chi connectivity index (χ0n) is 14.2. The number of rotatable bonds is 5. The van der Waals surface area contributed by atoms with Gasteiger partial charge in [0.15, 0.2) is 0 Å². The summed E-state index contributed by atoms with van der Waals surface area (Å²) >= 11 is 0. The molecule has 25 heavy (non-hydrogen) atoms. The fraction of sp³-hybridized carbons (Fsp3) is 0.211. The zero-order valence-corrected chi connectivity index (χ0v) is 15.0. The second kappa shape index (κ2) is 6.72. The summed E-state index contributed by atoms with van der Waals surface area (Å²) < 4.78 is 27.0. The lowest BCUT2D eigenvalue weighted by atomic mass is 10.1. The number of amides is 1. The van der Waals surface area contributed by atoms with E-state index in [-0.39, 0.29) is 11.3 Å². The normalized spacial score (nSPS) is 11.6. The molecule has 6 heteroatoms. The Bertz CT molecular complexity index is 1040. The number of para-hydroxylation sites is 1. The molecular weight excluding hydrogens is 336 g/mol. The van der Waals surface area contributed by atoms with Crippen molar-refractivity contribution in [2.24, 2.45) is 0 Å². The summed E-state index contributed by atoms with van der Waals surface area (Å²) in [4.78, 5) is 15.4. The molecule has 0 spiro atoms. The lowest BCUT2D eigenvalue weighted by Gasteiger charge is -2.10. The van der Waals surface area contributed by atoms with Crippen LogP contribution >= 0.6 is 0 Å². The van der Waals surface area contributed by atoms with Crippen molar-refractivity contribution in [2.75, 3.05) is 0 Å². The molecule has 130 valence electrons. The molecule has 0 aliphatic carbocycles. The molecule has 0 radical (unpaired) electrons. The van der Waals surface area contributed by atoms with Crippen molar-refractivity contribution in [3.63, 3.8) is 0 Å². The number of carbonyl (C=O) groups excluding carboxylic acids is 1. The molecule has 0 unspecified atom stereocenters. The Hall–Kier alpha value is -2.60. The van der Waals surface area contributed by atoms with Crippen LogP contribution in [-0.4, -0.2) is 19.3 Å². The molecule has 5 nitrogen and oxygen atoms in total. The van der Waals surface area contributed by atoms with Gasteiger partial charge in [0.25, 0.3) is 10.0 Å². The molecule has 2 N–H and O–H groups in total. The third-order valence-electron chi connectivity index (χ3n) is 4.16. The Morgan fingerprint density at radius 1 is 1.12 bits per heavy atom. The minimum absolute atomic E-state index is 0.103. The third-order valence-corrected chi connectivity index (χ3v) is 5.70. The van der Waals surface area contributed by atoms with Crippen molar-refractivity contribution in [1.29, 1.82) is 0 Å². The maximum Gasteiger partial charge on any atom is 0.264 e. The molecule has 3 rings (SSSR count). The number of nitrogens with one attached hydrogen (secondary N) is 2. The minimum atomic E-state index is -3.85. The Morgan fingerprint density at radius 3 is 2.64 bits per heavy atom. The van der Waals surface area contributed by atoms with Crippen LogP contribution in [-0.2, 0) is 21.2 Å². The molecule has 3 aromatic rings. The SMILES string of the molecule is Cc1ccc(S(=O)(=O)NC(=O)CCc2c[nH]c3ccccc23)c(C)c1. The number of fused-ring (bicyclic) bond motifs is 1. The van der Waals surface area contributed by atoms with Crippen LogP contribution in [0.3, 0.4) is 0 Å². The maximum atomic E-state index is 12.4. The number of benzene rings is 2. The first kappa shape index (κ1) is 17.2. The van der Waals surface area contributed by atoms with Gasteiger partial charge in [-0.05, 0) is 43.5 Å². The lowest BCUT2D eigenvalue weighted by molar-refractivity contribution is -0.119. The molecule has 0 bridgehead atoms. The average molecular weight is 356 g/mol. The molecule has 1 heterocycles. The Kier molecular flexibility index (Phi) is 4.63. The van der Waals surface area contributed by atoms with E-state index in [2.05, 4.69) is 9.71 Å². The number of sulfonamides is 1. The van der Waals surface area contributed by atoms with Gasteiger partial charge in [0.1, 0.15) is 0 Å². The van der Waals surface area contributed by atoms with Crippen LogP contribution in [0.25, 0.3) is 10.9 Å². The van der Waals surface area contributed by atoms with Crippen LogP contribution in [0.2, 0.25) is 0 Å². The van der Waals surface area contributed by atoms with Crippen LogP contribution in [0.1, 0.15) is 23.1 Å². The van der Waals surface area contributed by atoms with Gasteiger partial charge in [-0.15, -0.1) is 0 Å². The fourth-order valence-electron chi connectivity index (χ4n) is 2.94. The third kappa shape index (κ3) is 3.74. The van der Waals surface area contributed by atoms with Crippen molar-refractivity contribution in [3.05, 3.63) is 65.4 Å². The highest BCUT2D eigenvalue weighted by molar-refractivity contribution is 7.90. The first-order valence-corrected chi connectivity index (χ1v) is 9.53. The van der Waals surface area contributed by atoms with Crippen LogP contribution in [0.4, 0.5) is 0 Å². The predicted molar refractivity (Wildman–Crippen MR) is 97.9 cm³/mol. The van der Waals surface area contributed by atoms with Gasteiger partial charge in [-0.3, -0.25) is 4.79 Å².